The van der Waals surface area contributed by atoms with Crippen molar-refractivity contribution in [1.82, 2.24) is 39.9 Å². The summed E-state index contributed by atoms with van der Waals surface area (Å²) >= 11 is 0. The highest BCUT2D eigenvalue weighted by atomic mass is 19.3. The summed E-state index contributed by atoms with van der Waals surface area (Å²) in [6, 6.07) is -0.0240. The van der Waals surface area contributed by atoms with Gasteiger partial charge in [-0.05, 0) is 18.9 Å². The first kappa shape index (κ1) is 24.5. The molecule has 3 aromatic rings. The van der Waals surface area contributed by atoms with E-state index in [0.29, 0.717) is 72.4 Å². The second kappa shape index (κ2) is 10.5. The topological polar surface area (TPSA) is 144 Å². The first-order valence-electron chi connectivity index (χ1n) is 11.8. The van der Waals surface area contributed by atoms with Crippen LogP contribution in [0.25, 0.3) is 16.9 Å². The number of alkyl halides is 2. The van der Waals surface area contributed by atoms with Crippen LogP contribution >= 0.6 is 0 Å². The maximum absolute atomic E-state index is 13.1. The molecule has 1 saturated heterocycles. The van der Waals surface area contributed by atoms with Crippen LogP contribution in [0.15, 0.2) is 31.4 Å². The molecule has 3 aromatic heterocycles. The molecule has 2 aliphatic rings. The second-order valence-corrected chi connectivity index (χ2v) is 8.71. The molecule has 1 aliphatic carbocycles. The number of nitrogens with one attached hydrogen (secondary N) is 3. The van der Waals surface area contributed by atoms with E-state index in [0.717, 1.165) is 0 Å². The maximum atomic E-state index is 13.1. The highest BCUT2D eigenvalue weighted by molar-refractivity contribution is 5.89. The first-order valence-corrected chi connectivity index (χ1v) is 11.8. The Morgan fingerprint density at radius 3 is 2.65 bits per heavy atom. The molecule has 1 aliphatic heterocycles. The summed E-state index contributed by atoms with van der Waals surface area (Å²) < 4.78 is 33.6. The lowest BCUT2D eigenvalue weighted by Gasteiger charge is -2.36. The Hall–Kier alpha value is -4.14. The Labute approximate surface area is 209 Å². The molecular formula is C22H26F2N10O3. The van der Waals surface area contributed by atoms with Crippen LogP contribution < -0.4 is 20.9 Å². The minimum absolute atomic E-state index is 0.0136. The second-order valence-electron chi connectivity index (χ2n) is 8.71. The number of ether oxygens (including phenoxy) is 1. The van der Waals surface area contributed by atoms with Crippen LogP contribution in [0.2, 0.25) is 0 Å². The van der Waals surface area contributed by atoms with Crippen molar-refractivity contribution in [2.75, 3.05) is 43.1 Å². The number of imidazole rings is 1. The molecule has 0 radical (unpaired) electrons. The predicted molar refractivity (Wildman–Crippen MR) is 129 cm³/mol. The molecule has 196 valence electrons. The van der Waals surface area contributed by atoms with Crippen LogP contribution in [0, 0.1) is 0 Å². The van der Waals surface area contributed by atoms with Gasteiger partial charge < -0.3 is 25.6 Å². The Kier molecular flexibility index (Phi) is 6.94. The van der Waals surface area contributed by atoms with Crippen LogP contribution in [-0.2, 0) is 14.3 Å². The van der Waals surface area contributed by atoms with Gasteiger partial charge in [-0.3, -0.25) is 14.2 Å². The van der Waals surface area contributed by atoms with Gasteiger partial charge in [0.15, 0.2) is 17.0 Å². The first-order chi connectivity index (χ1) is 17.9. The zero-order valence-electron chi connectivity index (χ0n) is 19.8. The standard InChI is InChI=1S/C22H26F2N10O3/c1-2-16(35)28-13-7-14(8-13)29-17(36)10-25-19-18-20(31-22(30-19)32-3-5-37-6-4-32)33(12-26-18)15-9-27-34(11-15)21(23)24/h2,9,11-14,21H,1,3-8,10H2,(H,28,35)(H,29,36)(H,25,30,31). The lowest BCUT2D eigenvalue weighted by atomic mass is 9.86. The van der Waals surface area contributed by atoms with E-state index in [1.807, 2.05) is 4.90 Å². The zero-order chi connectivity index (χ0) is 25.9. The molecule has 0 spiro atoms. The van der Waals surface area contributed by atoms with E-state index in [1.54, 1.807) is 4.57 Å². The molecule has 2 fully saturated rings. The molecular weight excluding hydrogens is 490 g/mol. The van der Waals surface area contributed by atoms with Gasteiger partial charge in [0.25, 0.3) is 0 Å². The number of nitrogens with zero attached hydrogens (tertiary/aromatic N) is 7. The SMILES string of the molecule is C=CC(=O)NC1CC(NC(=O)CNc2nc(N3CCOCC3)nc3c2ncn3-c2cnn(C(F)F)c2)C1. The van der Waals surface area contributed by atoms with Crippen molar-refractivity contribution in [1.29, 1.82) is 0 Å². The summed E-state index contributed by atoms with van der Waals surface area (Å²) in [4.78, 5) is 39.5. The average molecular weight is 517 g/mol. The lowest BCUT2D eigenvalue weighted by molar-refractivity contribution is -0.121. The molecule has 13 nitrogen and oxygen atoms in total. The normalized spacial score (nSPS) is 19.5. The largest absolute Gasteiger partial charge is 0.378 e. The predicted octanol–water partition coefficient (Wildman–Crippen LogP) is 0.605. The number of halogens is 2. The molecule has 1 saturated carbocycles. The van der Waals surface area contributed by atoms with Crippen LogP contribution in [-0.4, -0.2) is 86.0 Å². The number of hydrogen-bond donors (Lipinski definition) is 3. The molecule has 0 unspecified atom stereocenters. The number of fused-ring (bicyclic) bond motifs is 1. The highest BCUT2D eigenvalue weighted by Crippen LogP contribution is 2.26. The molecule has 3 N–H and O–H groups in total. The van der Waals surface area contributed by atoms with Gasteiger partial charge in [-0.2, -0.15) is 23.8 Å². The Bertz CT molecular complexity index is 1300. The van der Waals surface area contributed by atoms with Gasteiger partial charge in [-0.25, -0.2) is 9.67 Å². The molecule has 15 heteroatoms. The van der Waals surface area contributed by atoms with Crippen LogP contribution in [0.4, 0.5) is 20.5 Å². The minimum Gasteiger partial charge on any atom is -0.378 e. The monoisotopic (exact) mass is 516 g/mol. The van der Waals surface area contributed by atoms with E-state index in [1.165, 1.54) is 24.8 Å². The quantitative estimate of drug-likeness (QED) is 0.348. The van der Waals surface area contributed by atoms with Crippen molar-refractivity contribution < 1.29 is 23.1 Å². The third-order valence-corrected chi connectivity index (χ3v) is 6.20. The Balaban J connectivity index is 1.33. The van der Waals surface area contributed by atoms with E-state index in [-0.39, 0.29) is 30.4 Å². The van der Waals surface area contributed by atoms with E-state index >= 15 is 0 Å². The smallest absolute Gasteiger partial charge is 0.333 e. The van der Waals surface area contributed by atoms with Crippen molar-refractivity contribution in [2.24, 2.45) is 0 Å². The molecule has 0 bridgehead atoms. The number of amides is 2. The number of carbonyl (C=O) groups is 2. The van der Waals surface area contributed by atoms with Crippen LogP contribution in [0.3, 0.4) is 0 Å². The molecule has 2 amide bonds. The van der Waals surface area contributed by atoms with E-state index in [2.05, 4.69) is 42.6 Å². The van der Waals surface area contributed by atoms with Crippen molar-refractivity contribution in [3.05, 3.63) is 31.4 Å². The fraction of sp³-hybridized carbons (Fsp3) is 0.455. The maximum Gasteiger partial charge on any atom is 0.333 e. The summed E-state index contributed by atoms with van der Waals surface area (Å²) in [5, 5.41) is 12.4. The van der Waals surface area contributed by atoms with Gasteiger partial charge >= 0.3 is 6.55 Å². The number of hydrogen-bond acceptors (Lipinski definition) is 9. The molecule has 0 atom stereocenters. The highest BCUT2D eigenvalue weighted by Gasteiger charge is 2.31. The fourth-order valence-corrected chi connectivity index (χ4v) is 4.22. The summed E-state index contributed by atoms with van der Waals surface area (Å²) in [5.41, 5.74) is 1.12. The summed E-state index contributed by atoms with van der Waals surface area (Å²) in [5.74, 6) is 0.269. The molecule has 37 heavy (non-hydrogen) atoms. The van der Waals surface area contributed by atoms with Gasteiger partial charge in [0.2, 0.25) is 17.8 Å². The van der Waals surface area contributed by atoms with Gasteiger partial charge in [0.05, 0.1) is 37.8 Å². The minimum atomic E-state index is -2.78. The Morgan fingerprint density at radius 2 is 1.95 bits per heavy atom. The van der Waals surface area contributed by atoms with E-state index in [9.17, 15) is 18.4 Å². The van der Waals surface area contributed by atoms with Crippen molar-refractivity contribution in [2.45, 2.75) is 31.5 Å². The van der Waals surface area contributed by atoms with Crippen LogP contribution in [0.5, 0.6) is 0 Å². The van der Waals surface area contributed by atoms with Crippen molar-refractivity contribution in [3.8, 4) is 5.69 Å². The van der Waals surface area contributed by atoms with Gasteiger partial charge in [0, 0.05) is 25.2 Å². The molecule has 0 aromatic carbocycles. The van der Waals surface area contributed by atoms with Gasteiger partial charge in [0.1, 0.15) is 6.33 Å². The van der Waals surface area contributed by atoms with Crippen LogP contribution in [0.1, 0.15) is 19.4 Å². The van der Waals surface area contributed by atoms with Gasteiger partial charge in [-0.15, -0.1) is 0 Å². The fourth-order valence-electron chi connectivity index (χ4n) is 4.22. The number of carbonyl (C=O) groups excluding carboxylic acids is 2. The zero-order valence-corrected chi connectivity index (χ0v) is 19.8. The number of aromatic nitrogens is 6. The van der Waals surface area contributed by atoms with E-state index < -0.39 is 6.55 Å². The molecule has 4 heterocycles. The average Bonchev–Trinajstić information content (AvgIpc) is 3.53. The van der Waals surface area contributed by atoms with Crippen molar-refractivity contribution in [3.63, 3.8) is 0 Å². The number of rotatable bonds is 9. The molecule has 5 rings (SSSR count). The Morgan fingerprint density at radius 1 is 1.19 bits per heavy atom. The third-order valence-electron chi connectivity index (χ3n) is 6.20. The number of morpholine rings is 1. The van der Waals surface area contributed by atoms with Crippen molar-refractivity contribution >= 4 is 34.7 Å². The summed E-state index contributed by atoms with van der Waals surface area (Å²) in [7, 11) is 0. The van der Waals surface area contributed by atoms with E-state index in [4.69, 9.17) is 4.74 Å². The number of anilines is 2. The summed E-state index contributed by atoms with van der Waals surface area (Å²) in [6.07, 6.45) is 6.45. The summed E-state index contributed by atoms with van der Waals surface area (Å²) in [6.45, 7) is 2.77. The van der Waals surface area contributed by atoms with Gasteiger partial charge in [-0.1, -0.05) is 6.58 Å². The lowest BCUT2D eigenvalue weighted by Crippen LogP contribution is -2.54. The third kappa shape index (κ3) is 5.35.